The van der Waals surface area contributed by atoms with E-state index in [2.05, 4.69) is 137 Å². The van der Waals surface area contributed by atoms with Crippen molar-refractivity contribution in [1.82, 2.24) is 19.5 Å². The van der Waals surface area contributed by atoms with Gasteiger partial charge >= 0.3 is 0 Å². The largest absolute Gasteiger partial charge is 0.486 e. The van der Waals surface area contributed by atoms with Gasteiger partial charge in [-0.15, -0.1) is 53.6 Å². The zero-order valence-corrected chi connectivity index (χ0v) is 38.9. The minimum Gasteiger partial charge on any atom is -0.486 e. The minimum atomic E-state index is -2.13. The van der Waals surface area contributed by atoms with Gasteiger partial charge in [-0.2, -0.15) is 0 Å². The standard InChI is InChI=1S/C37H24N3O.C18H24NSi.Ir/c1-24-19-21-30-29-15-10-16-31(35(29)41-37(30)38-24)36-39-32-17-8-9-18-33(32)40(36)34-23-27(25-11-4-2-5-12-25)20-22-28(34)26-13-6-3-7-14-26;1-13(2)16-11-17(15-9-7-14(3)8-10-15)19-12-18(16)20(4,5)6;/h2-15,17-23H,1H3;7-9,11-13H,1-6H3;/q2*-1;/i;3D3,13D;. The average Bonchev–Trinajstić information content (AvgIpc) is 3.87. The summed E-state index contributed by atoms with van der Waals surface area (Å²) in [6.45, 7) is 10.4. The number of rotatable bonds is 7. The van der Waals surface area contributed by atoms with E-state index in [4.69, 9.17) is 14.9 Å². The molecular formula is C55H48IrN4OSi-2. The third kappa shape index (κ3) is 8.36. The first kappa shape index (κ1) is 37.5. The number of aryl methyl sites for hydroxylation is 2. The molecule has 4 aromatic heterocycles. The molecule has 6 aromatic carbocycles. The second-order valence-electron chi connectivity index (χ2n) is 16.6. The zero-order chi connectivity index (χ0) is 45.7. The van der Waals surface area contributed by atoms with Gasteiger partial charge in [0.05, 0.1) is 30.5 Å². The van der Waals surface area contributed by atoms with Crippen LogP contribution in [0, 0.1) is 25.9 Å². The van der Waals surface area contributed by atoms with E-state index >= 15 is 0 Å². The fourth-order valence-electron chi connectivity index (χ4n) is 7.91. The Labute approximate surface area is 384 Å². The van der Waals surface area contributed by atoms with Gasteiger partial charge < -0.3 is 14.0 Å². The monoisotopic (exact) mass is 1010 g/mol. The van der Waals surface area contributed by atoms with E-state index in [1.165, 1.54) is 11.3 Å². The molecule has 0 aliphatic carbocycles. The maximum absolute atomic E-state index is 8.48. The molecule has 0 bridgehead atoms. The van der Waals surface area contributed by atoms with Crippen LogP contribution in [-0.2, 0) is 20.1 Å². The molecule has 7 heteroatoms. The van der Waals surface area contributed by atoms with Crippen molar-refractivity contribution >= 4 is 46.4 Å². The van der Waals surface area contributed by atoms with Gasteiger partial charge in [-0.25, -0.2) is 4.98 Å². The van der Waals surface area contributed by atoms with Crippen LogP contribution in [0.1, 0.15) is 42.0 Å². The zero-order valence-electron chi connectivity index (χ0n) is 39.5. The van der Waals surface area contributed by atoms with E-state index in [1.54, 1.807) is 12.1 Å². The summed E-state index contributed by atoms with van der Waals surface area (Å²) < 4.78 is 39.5. The summed E-state index contributed by atoms with van der Waals surface area (Å²) in [6.07, 6.45) is 1.89. The normalized spacial score (nSPS) is 12.8. The molecule has 0 atom stereocenters. The third-order valence-corrected chi connectivity index (χ3v) is 13.0. The van der Waals surface area contributed by atoms with E-state index in [0.717, 1.165) is 89.2 Å². The molecule has 0 aliphatic heterocycles. The van der Waals surface area contributed by atoms with Crippen LogP contribution in [0.5, 0.6) is 0 Å². The van der Waals surface area contributed by atoms with E-state index in [-0.39, 0.29) is 25.7 Å². The van der Waals surface area contributed by atoms with Crippen LogP contribution in [-0.4, -0.2) is 27.6 Å². The second kappa shape index (κ2) is 17.6. The molecule has 0 amide bonds. The molecule has 62 heavy (non-hydrogen) atoms. The van der Waals surface area contributed by atoms with E-state index < -0.39 is 20.8 Å². The summed E-state index contributed by atoms with van der Waals surface area (Å²) in [5, 5.41) is 3.17. The van der Waals surface area contributed by atoms with Crippen molar-refractivity contribution in [2.24, 2.45) is 0 Å². The molecule has 0 aliphatic rings. The second-order valence-corrected chi connectivity index (χ2v) is 21.6. The number of para-hydroxylation sites is 2. The summed E-state index contributed by atoms with van der Waals surface area (Å²) in [5.74, 6) is 0.0568. The average molecular weight is 1010 g/mol. The molecule has 0 fully saturated rings. The molecule has 10 rings (SSSR count). The molecule has 4 heterocycles. The predicted molar refractivity (Wildman–Crippen MR) is 256 cm³/mol. The smallest absolute Gasteiger partial charge is 0.216 e. The van der Waals surface area contributed by atoms with E-state index in [1.807, 2.05) is 69.4 Å². The molecule has 309 valence electrons. The number of imidazole rings is 1. The molecule has 0 spiro atoms. The van der Waals surface area contributed by atoms with Crippen molar-refractivity contribution < 1.29 is 30.0 Å². The van der Waals surface area contributed by atoms with Crippen molar-refractivity contribution in [3.8, 4) is 50.6 Å². The van der Waals surface area contributed by atoms with Crippen molar-refractivity contribution in [1.29, 1.82) is 0 Å². The first-order valence-corrected chi connectivity index (χ1v) is 24.0. The Morgan fingerprint density at radius 3 is 2.19 bits per heavy atom. The SMILES string of the molecule is Cc1ccc2c(n1)oc1c(-c3nc4ccccc4n3-c3cc(-c4ccccc4)ccc3-c3ccccc3)[c-]ccc12.[2H]C([2H])([2H])c1c[c-]c(-c2cc(C([2H])(C)C)c([Si](C)(C)C)cn2)cc1.[Ir]. The summed E-state index contributed by atoms with van der Waals surface area (Å²) in [4.78, 5) is 14.4. The Balaban J connectivity index is 0.000000204. The summed E-state index contributed by atoms with van der Waals surface area (Å²) >= 11 is 0. The molecule has 0 N–H and O–H groups in total. The number of aromatic nitrogens is 4. The van der Waals surface area contributed by atoms with Gasteiger partial charge in [-0.3, -0.25) is 4.98 Å². The van der Waals surface area contributed by atoms with Crippen LogP contribution >= 0.6 is 0 Å². The van der Waals surface area contributed by atoms with Crippen LogP contribution in [0.3, 0.4) is 0 Å². The van der Waals surface area contributed by atoms with Crippen molar-refractivity contribution in [2.75, 3.05) is 0 Å². The fourth-order valence-corrected chi connectivity index (χ4v) is 9.49. The minimum absolute atomic E-state index is 0. The third-order valence-electron chi connectivity index (χ3n) is 11.0. The summed E-state index contributed by atoms with van der Waals surface area (Å²) in [7, 11) is -1.61. The Morgan fingerprint density at radius 1 is 0.742 bits per heavy atom. The predicted octanol–water partition coefficient (Wildman–Crippen LogP) is 14.0. The van der Waals surface area contributed by atoms with Crippen LogP contribution < -0.4 is 5.19 Å². The summed E-state index contributed by atoms with van der Waals surface area (Å²) in [6, 6.07) is 57.3. The van der Waals surface area contributed by atoms with E-state index in [9.17, 15) is 0 Å². The number of furan rings is 1. The van der Waals surface area contributed by atoms with Crippen LogP contribution in [0.25, 0.3) is 83.7 Å². The van der Waals surface area contributed by atoms with Gasteiger partial charge in [0.15, 0.2) is 0 Å². The van der Waals surface area contributed by atoms with Crippen LogP contribution in [0.4, 0.5) is 0 Å². The van der Waals surface area contributed by atoms with Crippen molar-refractivity contribution in [3.05, 3.63) is 187 Å². The molecular weight excluding hydrogens is 953 g/mol. The first-order chi connectivity index (χ1) is 31.0. The van der Waals surface area contributed by atoms with Gasteiger partial charge in [0.1, 0.15) is 0 Å². The number of nitrogens with zero attached hydrogens (tertiary/aromatic N) is 4. The van der Waals surface area contributed by atoms with Gasteiger partial charge in [-0.1, -0.05) is 148 Å². The van der Waals surface area contributed by atoms with Gasteiger partial charge in [-0.05, 0) is 70.7 Å². The maximum Gasteiger partial charge on any atom is 0.216 e. The molecule has 0 saturated heterocycles. The van der Waals surface area contributed by atoms with Crippen LogP contribution in [0.15, 0.2) is 162 Å². The van der Waals surface area contributed by atoms with Crippen LogP contribution in [0.2, 0.25) is 19.6 Å². The Morgan fingerprint density at radius 2 is 1.48 bits per heavy atom. The van der Waals surface area contributed by atoms with E-state index in [0.29, 0.717) is 5.71 Å². The Bertz CT molecular complexity index is 3340. The molecule has 5 nitrogen and oxygen atoms in total. The quantitative estimate of drug-likeness (QED) is 0.118. The fraction of sp³-hybridized carbons (Fsp3) is 0.145. The Hall–Kier alpha value is -6.24. The summed E-state index contributed by atoms with van der Waals surface area (Å²) in [5.41, 5.74) is 13.3. The number of hydrogen-bond acceptors (Lipinski definition) is 4. The molecule has 10 aromatic rings. The number of hydrogen-bond donors (Lipinski definition) is 0. The van der Waals surface area contributed by atoms with Gasteiger partial charge in [0.25, 0.3) is 0 Å². The number of fused-ring (bicyclic) bond motifs is 4. The molecule has 0 unspecified atom stereocenters. The molecule has 0 saturated carbocycles. The van der Waals surface area contributed by atoms with Gasteiger partial charge in [0.2, 0.25) is 5.71 Å². The molecule has 1 radical (unpaired) electrons. The van der Waals surface area contributed by atoms with Crippen molar-refractivity contribution in [2.45, 2.75) is 53.2 Å². The Kier molecular flexibility index (Phi) is 10.7. The number of pyridine rings is 2. The van der Waals surface area contributed by atoms with Gasteiger partial charge in [0, 0.05) is 54.1 Å². The maximum atomic E-state index is 8.48. The van der Waals surface area contributed by atoms with Crippen molar-refractivity contribution in [3.63, 3.8) is 0 Å². The first-order valence-electron chi connectivity index (χ1n) is 22.5. The number of benzene rings is 6. The topological polar surface area (TPSA) is 56.7 Å².